The van der Waals surface area contributed by atoms with Crippen molar-refractivity contribution in [3.8, 4) is 0 Å². The number of amides is 1. The third-order valence-electron chi connectivity index (χ3n) is 5.74. The van der Waals surface area contributed by atoms with E-state index in [1.54, 1.807) is 41.0 Å². The molecule has 1 aromatic heterocycles. The summed E-state index contributed by atoms with van der Waals surface area (Å²) in [7, 11) is 0. The molecule has 0 saturated heterocycles. The van der Waals surface area contributed by atoms with E-state index in [-0.39, 0.29) is 11.1 Å². The number of aromatic nitrogens is 1. The quantitative estimate of drug-likeness (QED) is 0.725. The van der Waals surface area contributed by atoms with Crippen LogP contribution in [0.15, 0.2) is 41.2 Å². The van der Waals surface area contributed by atoms with Crippen molar-refractivity contribution in [2.45, 2.75) is 70.9 Å². The number of unbranched alkanes of at least 4 members (excludes halogenated alkanes) is 1. The molecule has 2 aromatic rings. The average molecular weight is 411 g/mol. The third-order valence-corrected chi connectivity index (χ3v) is 5.74. The van der Waals surface area contributed by atoms with Gasteiger partial charge in [-0.05, 0) is 49.3 Å². The fourth-order valence-electron chi connectivity index (χ4n) is 4.09. The lowest BCUT2D eigenvalue weighted by atomic mass is 9.95. The van der Waals surface area contributed by atoms with Gasteiger partial charge in [-0.15, -0.1) is 0 Å². The molecule has 2 N–H and O–H groups in total. The highest BCUT2D eigenvalue weighted by Crippen LogP contribution is 2.21. The zero-order valence-electron chi connectivity index (χ0n) is 17.5. The number of benzene rings is 1. The number of pyridine rings is 1. The van der Waals surface area contributed by atoms with Gasteiger partial charge in [0.05, 0.1) is 0 Å². The number of aryl methyl sites for hydroxylation is 1. The van der Waals surface area contributed by atoms with Crippen molar-refractivity contribution in [3.05, 3.63) is 69.1 Å². The van der Waals surface area contributed by atoms with E-state index in [9.17, 15) is 19.5 Å². The molecule has 0 bridgehead atoms. The van der Waals surface area contributed by atoms with Gasteiger partial charge in [-0.25, -0.2) is 4.79 Å². The smallest absolute Gasteiger partial charge is 0.330 e. The normalized spacial score (nSPS) is 14.8. The SMILES string of the molecule is CCCCn1c2c(cc(C(=O)NC(C(=O)O)c3ccccc3)c1=O)CCCCCC2. The number of hydrogen-bond acceptors (Lipinski definition) is 3. The number of rotatable bonds is 7. The fourth-order valence-corrected chi connectivity index (χ4v) is 4.09. The predicted octanol–water partition coefficient (Wildman–Crippen LogP) is 3.86. The Labute approximate surface area is 176 Å². The molecule has 0 saturated carbocycles. The summed E-state index contributed by atoms with van der Waals surface area (Å²) in [5.74, 6) is -1.79. The number of aliphatic carboxylic acids is 1. The van der Waals surface area contributed by atoms with E-state index in [4.69, 9.17) is 0 Å². The van der Waals surface area contributed by atoms with Crippen LogP contribution in [-0.2, 0) is 24.2 Å². The Bertz CT molecular complexity index is 950. The summed E-state index contributed by atoms with van der Waals surface area (Å²) in [5, 5.41) is 12.2. The van der Waals surface area contributed by atoms with Crippen LogP contribution in [0.4, 0.5) is 0 Å². The number of hydrogen-bond donors (Lipinski definition) is 2. The van der Waals surface area contributed by atoms with E-state index >= 15 is 0 Å². The molecule has 1 amide bonds. The number of nitrogens with zero attached hydrogens (tertiary/aromatic N) is 1. The van der Waals surface area contributed by atoms with Gasteiger partial charge in [-0.1, -0.05) is 56.5 Å². The van der Waals surface area contributed by atoms with E-state index in [1.807, 2.05) is 0 Å². The Balaban J connectivity index is 1.99. The molecule has 1 aliphatic carbocycles. The first kappa shape index (κ1) is 21.8. The first-order chi connectivity index (χ1) is 14.5. The van der Waals surface area contributed by atoms with Gasteiger partial charge in [0.2, 0.25) is 0 Å². The molecule has 1 aliphatic rings. The first-order valence-electron chi connectivity index (χ1n) is 10.9. The maximum Gasteiger partial charge on any atom is 0.330 e. The molecule has 0 spiro atoms. The maximum absolute atomic E-state index is 13.2. The van der Waals surface area contributed by atoms with Crippen LogP contribution in [-0.4, -0.2) is 21.6 Å². The van der Waals surface area contributed by atoms with E-state index in [0.29, 0.717) is 12.1 Å². The zero-order chi connectivity index (χ0) is 21.5. The molecule has 6 nitrogen and oxygen atoms in total. The molecule has 0 aliphatic heterocycles. The minimum absolute atomic E-state index is 0.0348. The number of carboxylic acid groups (broad SMARTS) is 1. The van der Waals surface area contributed by atoms with Crippen LogP contribution in [0.5, 0.6) is 0 Å². The fraction of sp³-hybridized carbons (Fsp3) is 0.458. The zero-order valence-corrected chi connectivity index (χ0v) is 17.5. The van der Waals surface area contributed by atoms with Crippen molar-refractivity contribution in [2.24, 2.45) is 0 Å². The van der Waals surface area contributed by atoms with Crippen molar-refractivity contribution in [1.29, 1.82) is 0 Å². The molecule has 6 heteroatoms. The van der Waals surface area contributed by atoms with Gasteiger partial charge in [0.1, 0.15) is 5.56 Å². The monoisotopic (exact) mass is 410 g/mol. The first-order valence-corrected chi connectivity index (χ1v) is 10.9. The van der Waals surface area contributed by atoms with Gasteiger partial charge in [0.15, 0.2) is 6.04 Å². The van der Waals surface area contributed by atoms with Gasteiger partial charge in [0.25, 0.3) is 11.5 Å². The molecule has 1 heterocycles. The van der Waals surface area contributed by atoms with Crippen LogP contribution >= 0.6 is 0 Å². The van der Waals surface area contributed by atoms with Gasteiger partial charge < -0.3 is 15.0 Å². The Kier molecular flexibility index (Phi) is 7.44. The van der Waals surface area contributed by atoms with Crippen LogP contribution in [0.3, 0.4) is 0 Å². The highest BCUT2D eigenvalue weighted by atomic mass is 16.4. The molecule has 160 valence electrons. The number of carbonyl (C=O) groups excluding carboxylic acids is 1. The van der Waals surface area contributed by atoms with Crippen LogP contribution in [0.2, 0.25) is 0 Å². The highest BCUT2D eigenvalue weighted by Gasteiger charge is 2.26. The number of nitrogens with one attached hydrogen (secondary N) is 1. The molecule has 1 atom stereocenters. The van der Waals surface area contributed by atoms with Crippen molar-refractivity contribution >= 4 is 11.9 Å². The summed E-state index contributed by atoms with van der Waals surface area (Å²) in [6.07, 6.45) is 7.86. The summed E-state index contributed by atoms with van der Waals surface area (Å²) in [6.45, 7) is 2.66. The van der Waals surface area contributed by atoms with Crippen molar-refractivity contribution in [1.82, 2.24) is 9.88 Å². The van der Waals surface area contributed by atoms with Crippen molar-refractivity contribution in [2.75, 3.05) is 0 Å². The van der Waals surface area contributed by atoms with Crippen molar-refractivity contribution < 1.29 is 14.7 Å². The lowest BCUT2D eigenvalue weighted by Gasteiger charge is -2.21. The third kappa shape index (κ3) is 4.99. The van der Waals surface area contributed by atoms with Gasteiger partial charge in [-0.3, -0.25) is 9.59 Å². The minimum Gasteiger partial charge on any atom is -0.479 e. The average Bonchev–Trinajstić information content (AvgIpc) is 2.72. The second-order valence-electron chi connectivity index (χ2n) is 7.91. The predicted molar refractivity (Wildman–Crippen MR) is 116 cm³/mol. The molecule has 1 aromatic carbocycles. The highest BCUT2D eigenvalue weighted by molar-refractivity contribution is 5.96. The van der Waals surface area contributed by atoms with Gasteiger partial charge in [0, 0.05) is 12.2 Å². The molecule has 0 fully saturated rings. The van der Waals surface area contributed by atoms with E-state index < -0.39 is 17.9 Å². The van der Waals surface area contributed by atoms with Crippen molar-refractivity contribution in [3.63, 3.8) is 0 Å². The second-order valence-corrected chi connectivity index (χ2v) is 7.91. The molecule has 0 radical (unpaired) electrons. The topological polar surface area (TPSA) is 88.4 Å². The van der Waals surface area contributed by atoms with Crippen LogP contribution in [0.1, 0.15) is 78.7 Å². The molecule has 30 heavy (non-hydrogen) atoms. The van der Waals surface area contributed by atoms with E-state index in [1.165, 1.54) is 0 Å². The maximum atomic E-state index is 13.2. The number of carbonyl (C=O) groups is 2. The lowest BCUT2D eigenvalue weighted by molar-refractivity contribution is -0.139. The summed E-state index contributed by atoms with van der Waals surface area (Å²) < 4.78 is 1.76. The molecular weight excluding hydrogens is 380 g/mol. The van der Waals surface area contributed by atoms with Gasteiger partial charge in [-0.2, -0.15) is 0 Å². The van der Waals surface area contributed by atoms with Crippen LogP contribution < -0.4 is 10.9 Å². The Hall–Kier alpha value is -2.89. The largest absolute Gasteiger partial charge is 0.479 e. The number of fused-ring (bicyclic) bond motifs is 1. The van der Waals surface area contributed by atoms with Crippen LogP contribution in [0.25, 0.3) is 0 Å². The van der Waals surface area contributed by atoms with Crippen LogP contribution in [0, 0.1) is 0 Å². The second kappa shape index (κ2) is 10.2. The summed E-state index contributed by atoms with van der Waals surface area (Å²) in [4.78, 5) is 38.0. The lowest BCUT2D eigenvalue weighted by Crippen LogP contribution is -2.39. The Morgan fingerprint density at radius 2 is 1.80 bits per heavy atom. The number of carboxylic acids is 1. The van der Waals surface area contributed by atoms with E-state index in [2.05, 4.69) is 12.2 Å². The molecular formula is C24H30N2O4. The summed E-state index contributed by atoms with van der Waals surface area (Å²) >= 11 is 0. The Morgan fingerprint density at radius 1 is 1.10 bits per heavy atom. The standard InChI is InChI=1S/C24H30N2O4/c1-2-3-15-26-20-14-10-5-4-7-13-18(20)16-19(23(26)28)22(27)25-21(24(29)30)17-11-8-6-9-12-17/h6,8-9,11-12,16,21H,2-5,7,10,13-15H2,1H3,(H,25,27)(H,29,30). The molecule has 1 unspecified atom stereocenters. The minimum atomic E-state index is -1.20. The molecule has 3 rings (SSSR count). The van der Waals surface area contributed by atoms with E-state index in [0.717, 1.165) is 62.6 Å². The Morgan fingerprint density at radius 3 is 2.47 bits per heavy atom. The van der Waals surface area contributed by atoms with Gasteiger partial charge >= 0.3 is 5.97 Å². The summed E-state index contributed by atoms with van der Waals surface area (Å²) in [6, 6.07) is 9.03. The summed E-state index contributed by atoms with van der Waals surface area (Å²) in [5.41, 5.74) is 2.27.